The quantitative estimate of drug-likeness (QED) is 0.862. The summed E-state index contributed by atoms with van der Waals surface area (Å²) in [5.74, 6) is 0.897. The van der Waals surface area contributed by atoms with Crippen molar-refractivity contribution in [3.05, 3.63) is 34.3 Å². The van der Waals surface area contributed by atoms with E-state index in [2.05, 4.69) is 28.1 Å². The summed E-state index contributed by atoms with van der Waals surface area (Å²) in [4.78, 5) is 0. The van der Waals surface area contributed by atoms with Gasteiger partial charge >= 0.3 is 0 Å². The SMILES string of the molecule is NC(CC1CC1)c1cccc(Br)c1. The second kappa shape index (κ2) is 3.81. The first-order valence-electron chi connectivity index (χ1n) is 4.77. The molecule has 1 aromatic carbocycles. The molecule has 1 aliphatic carbocycles. The lowest BCUT2D eigenvalue weighted by molar-refractivity contribution is 0.597. The van der Waals surface area contributed by atoms with Crippen LogP contribution in [-0.4, -0.2) is 0 Å². The Bertz CT molecular complexity index is 294. The number of rotatable bonds is 3. The van der Waals surface area contributed by atoms with Crippen LogP contribution in [0.3, 0.4) is 0 Å². The van der Waals surface area contributed by atoms with E-state index in [0.29, 0.717) is 0 Å². The van der Waals surface area contributed by atoms with E-state index in [0.717, 1.165) is 16.8 Å². The van der Waals surface area contributed by atoms with E-state index >= 15 is 0 Å². The molecule has 1 aliphatic rings. The second-order valence-corrected chi connectivity index (χ2v) is 4.76. The zero-order chi connectivity index (χ0) is 9.26. The highest BCUT2D eigenvalue weighted by molar-refractivity contribution is 9.10. The van der Waals surface area contributed by atoms with Crippen molar-refractivity contribution in [2.45, 2.75) is 25.3 Å². The van der Waals surface area contributed by atoms with Crippen LogP contribution in [0.4, 0.5) is 0 Å². The van der Waals surface area contributed by atoms with Gasteiger partial charge in [0.2, 0.25) is 0 Å². The number of benzene rings is 1. The van der Waals surface area contributed by atoms with Crippen LogP contribution in [0, 0.1) is 5.92 Å². The van der Waals surface area contributed by atoms with Gasteiger partial charge in [0.1, 0.15) is 0 Å². The van der Waals surface area contributed by atoms with Crippen LogP contribution in [0.1, 0.15) is 30.9 Å². The predicted octanol–water partition coefficient (Wildman–Crippen LogP) is 3.25. The Morgan fingerprint density at radius 3 is 2.85 bits per heavy atom. The molecule has 1 aromatic rings. The minimum atomic E-state index is 0.227. The third kappa shape index (κ3) is 2.55. The molecule has 1 saturated carbocycles. The Morgan fingerprint density at radius 2 is 2.23 bits per heavy atom. The van der Waals surface area contributed by atoms with Gasteiger partial charge in [-0.05, 0) is 30.0 Å². The summed E-state index contributed by atoms with van der Waals surface area (Å²) < 4.78 is 1.12. The Hall–Kier alpha value is -0.340. The Kier molecular flexibility index (Phi) is 2.70. The first-order valence-corrected chi connectivity index (χ1v) is 5.56. The molecule has 70 valence electrons. The molecular weight excluding hydrogens is 226 g/mol. The van der Waals surface area contributed by atoms with Crippen LogP contribution in [0.25, 0.3) is 0 Å². The summed E-state index contributed by atoms with van der Waals surface area (Å²) in [7, 11) is 0. The molecule has 13 heavy (non-hydrogen) atoms. The summed E-state index contributed by atoms with van der Waals surface area (Å²) in [5.41, 5.74) is 7.34. The molecule has 0 bridgehead atoms. The van der Waals surface area contributed by atoms with Crippen LogP contribution in [0.15, 0.2) is 28.7 Å². The number of halogens is 1. The lowest BCUT2D eigenvalue weighted by Gasteiger charge is -2.11. The zero-order valence-corrected chi connectivity index (χ0v) is 9.13. The first-order chi connectivity index (χ1) is 6.25. The van der Waals surface area contributed by atoms with Gasteiger partial charge in [-0.15, -0.1) is 0 Å². The molecule has 0 spiro atoms. The van der Waals surface area contributed by atoms with Gasteiger partial charge in [-0.25, -0.2) is 0 Å². The topological polar surface area (TPSA) is 26.0 Å². The van der Waals surface area contributed by atoms with E-state index in [-0.39, 0.29) is 6.04 Å². The Balaban J connectivity index is 2.04. The van der Waals surface area contributed by atoms with Crippen LogP contribution < -0.4 is 5.73 Å². The first kappa shape index (κ1) is 9.22. The molecular formula is C11H14BrN. The molecule has 1 nitrogen and oxygen atoms in total. The maximum Gasteiger partial charge on any atom is 0.0297 e. The lowest BCUT2D eigenvalue weighted by atomic mass is 10.0. The van der Waals surface area contributed by atoms with Crippen molar-refractivity contribution in [1.82, 2.24) is 0 Å². The molecule has 0 amide bonds. The smallest absolute Gasteiger partial charge is 0.0297 e. The van der Waals surface area contributed by atoms with Crippen molar-refractivity contribution in [3.63, 3.8) is 0 Å². The minimum absolute atomic E-state index is 0.227. The van der Waals surface area contributed by atoms with Gasteiger partial charge in [0, 0.05) is 10.5 Å². The van der Waals surface area contributed by atoms with Crippen molar-refractivity contribution in [2.75, 3.05) is 0 Å². The third-order valence-corrected chi connectivity index (χ3v) is 3.05. The van der Waals surface area contributed by atoms with Gasteiger partial charge in [0.05, 0.1) is 0 Å². The minimum Gasteiger partial charge on any atom is -0.324 e. The fourth-order valence-electron chi connectivity index (χ4n) is 1.59. The molecule has 1 unspecified atom stereocenters. The largest absolute Gasteiger partial charge is 0.324 e. The molecule has 1 fully saturated rings. The van der Waals surface area contributed by atoms with E-state index in [9.17, 15) is 0 Å². The second-order valence-electron chi connectivity index (χ2n) is 3.84. The van der Waals surface area contributed by atoms with E-state index in [1.165, 1.54) is 18.4 Å². The summed E-state index contributed by atoms with van der Waals surface area (Å²) in [6.45, 7) is 0. The lowest BCUT2D eigenvalue weighted by Crippen LogP contribution is -2.10. The standard InChI is InChI=1S/C11H14BrN/c12-10-3-1-2-9(7-10)11(13)6-8-4-5-8/h1-3,7-8,11H,4-6,13H2. The number of hydrogen-bond acceptors (Lipinski definition) is 1. The summed E-state index contributed by atoms with van der Waals surface area (Å²) in [6, 6.07) is 8.54. The predicted molar refractivity (Wildman–Crippen MR) is 58.4 cm³/mol. The maximum absolute atomic E-state index is 6.08. The fourth-order valence-corrected chi connectivity index (χ4v) is 2.00. The van der Waals surface area contributed by atoms with Crippen molar-refractivity contribution < 1.29 is 0 Å². The van der Waals surface area contributed by atoms with Gasteiger partial charge in [0.25, 0.3) is 0 Å². The maximum atomic E-state index is 6.08. The Labute approximate surface area is 87.5 Å². The highest BCUT2D eigenvalue weighted by atomic mass is 79.9. The summed E-state index contributed by atoms with van der Waals surface area (Å²) >= 11 is 3.46. The van der Waals surface area contributed by atoms with E-state index < -0.39 is 0 Å². The number of nitrogens with two attached hydrogens (primary N) is 1. The molecule has 0 radical (unpaired) electrons. The van der Waals surface area contributed by atoms with Gasteiger partial charge in [-0.1, -0.05) is 40.9 Å². The van der Waals surface area contributed by atoms with Gasteiger partial charge < -0.3 is 5.73 Å². The van der Waals surface area contributed by atoms with Crippen LogP contribution >= 0.6 is 15.9 Å². The third-order valence-electron chi connectivity index (χ3n) is 2.56. The highest BCUT2D eigenvalue weighted by Crippen LogP contribution is 2.36. The highest BCUT2D eigenvalue weighted by Gasteiger charge is 2.24. The van der Waals surface area contributed by atoms with Crippen molar-refractivity contribution in [2.24, 2.45) is 11.7 Å². The normalized spacial score (nSPS) is 18.6. The van der Waals surface area contributed by atoms with E-state index in [4.69, 9.17) is 5.73 Å². The van der Waals surface area contributed by atoms with Crippen molar-refractivity contribution >= 4 is 15.9 Å². The monoisotopic (exact) mass is 239 g/mol. The van der Waals surface area contributed by atoms with Crippen LogP contribution in [-0.2, 0) is 0 Å². The number of hydrogen-bond donors (Lipinski definition) is 1. The molecule has 2 heteroatoms. The summed E-state index contributed by atoms with van der Waals surface area (Å²) in [5, 5.41) is 0. The average Bonchev–Trinajstić information content (AvgIpc) is 2.88. The van der Waals surface area contributed by atoms with Gasteiger partial charge in [-0.2, -0.15) is 0 Å². The zero-order valence-electron chi connectivity index (χ0n) is 7.54. The molecule has 2 N–H and O–H groups in total. The molecule has 0 saturated heterocycles. The van der Waals surface area contributed by atoms with Gasteiger partial charge in [-0.3, -0.25) is 0 Å². The van der Waals surface area contributed by atoms with Crippen LogP contribution in [0.2, 0.25) is 0 Å². The van der Waals surface area contributed by atoms with Crippen molar-refractivity contribution in [1.29, 1.82) is 0 Å². The summed E-state index contributed by atoms with van der Waals surface area (Å²) in [6.07, 6.45) is 3.90. The van der Waals surface area contributed by atoms with E-state index in [1.54, 1.807) is 0 Å². The molecule has 0 aromatic heterocycles. The average molecular weight is 240 g/mol. The molecule has 0 heterocycles. The van der Waals surface area contributed by atoms with Crippen molar-refractivity contribution in [3.8, 4) is 0 Å². The fraction of sp³-hybridized carbons (Fsp3) is 0.455. The molecule has 0 aliphatic heterocycles. The molecule has 2 rings (SSSR count). The Morgan fingerprint density at radius 1 is 1.46 bits per heavy atom. The van der Waals surface area contributed by atoms with Gasteiger partial charge in [0.15, 0.2) is 0 Å². The molecule has 1 atom stereocenters. The van der Waals surface area contributed by atoms with E-state index in [1.807, 2.05) is 12.1 Å². The van der Waals surface area contributed by atoms with Crippen LogP contribution in [0.5, 0.6) is 0 Å².